The third-order valence-electron chi connectivity index (χ3n) is 9.01. The standard InChI is InChI=1S/C36H36N2O2/c1-7-37-30(35(3,4)28-19-17-23-13-9-11-15-26(23)32(28)37)21-25(34(39)40)22-31-36(5,6)29-20-18-24-14-10-12-16-27(24)33(29)38(31)8-2/h9-22H,7-8H2,1-6H3/p+1. The van der Waals surface area contributed by atoms with Crippen molar-refractivity contribution < 1.29 is 14.5 Å². The number of anilines is 1. The lowest BCUT2D eigenvalue weighted by atomic mass is 9.79. The van der Waals surface area contributed by atoms with Crippen LogP contribution in [0.4, 0.5) is 11.4 Å². The maximum Gasteiger partial charge on any atom is 0.335 e. The Morgan fingerprint density at radius 2 is 1.43 bits per heavy atom. The number of hydrogen-bond acceptors (Lipinski definition) is 2. The van der Waals surface area contributed by atoms with Crippen LogP contribution in [0.1, 0.15) is 52.7 Å². The van der Waals surface area contributed by atoms with Crippen LogP contribution >= 0.6 is 0 Å². The van der Waals surface area contributed by atoms with Gasteiger partial charge in [0.15, 0.2) is 5.71 Å². The van der Waals surface area contributed by atoms with Crippen molar-refractivity contribution in [1.82, 2.24) is 0 Å². The predicted octanol–water partition coefficient (Wildman–Crippen LogP) is 8.10. The molecule has 0 radical (unpaired) electrons. The van der Waals surface area contributed by atoms with Gasteiger partial charge >= 0.3 is 5.97 Å². The molecule has 0 aromatic heterocycles. The second-order valence-corrected chi connectivity index (χ2v) is 11.9. The van der Waals surface area contributed by atoms with Crippen molar-refractivity contribution in [2.75, 3.05) is 18.0 Å². The summed E-state index contributed by atoms with van der Waals surface area (Å²) in [7, 11) is 0. The molecule has 6 rings (SSSR count). The molecule has 0 amide bonds. The fourth-order valence-corrected chi connectivity index (χ4v) is 6.93. The van der Waals surface area contributed by atoms with E-state index in [2.05, 4.69) is 124 Å². The van der Waals surface area contributed by atoms with Gasteiger partial charge in [-0.2, -0.15) is 4.58 Å². The lowest BCUT2D eigenvalue weighted by Crippen LogP contribution is -2.29. The highest BCUT2D eigenvalue weighted by atomic mass is 16.4. The summed E-state index contributed by atoms with van der Waals surface area (Å²) in [5.41, 5.74) is 6.47. The molecule has 0 bridgehead atoms. The Morgan fingerprint density at radius 3 is 2.05 bits per heavy atom. The van der Waals surface area contributed by atoms with E-state index in [9.17, 15) is 9.90 Å². The highest BCUT2D eigenvalue weighted by Crippen LogP contribution is 2.51. The predicted molar refractivity (Wildman–Crippen MR) is 166 cm³/mol. The van der Waals surface area contributed by atoms with E-state index in [1.807, 2.05) is 12.2 Å². The lowest BCUT2D eigenvalue weighted by molar-refractivity contribution is -0.431. The summed E-state index contributed by atoms with van der Waals surface area (Å²) in [6.07, 6.45) is 3.83. The number of allylic oxidation sites excluding steroid dienone is 2. The largest absolute Gasteiger partial charge is 0.478 e. The molecule has 2 aliphatic heterocycles. The van der Waals surface area contributed by atoms with Crippen LogP contribution < -0.4 is 4.90 Å². The van der Waals surface area contributed by atoms with Gasteiger partial charge in [0.25, 0.3) is 0 Å². The average Bonchev–Trinajstić information content (AvgIpc) is 3.30. The molecule has 0 saturated heterocycles. The zero-order valence-electron chi connectivity index (χ0n) is 24.2. The van der Waals surface area contributed by atoms with Crippen LogP contribution in [0.3, 0.4) is 0 Å². The van der Waals surface area contributed by atoms with Crippen molar-refractivity contribution >= 4 is 44.6 Å². The smallest absolute Gasteiger partial charge is 0.335 e. The molecule has 0 atom stereocenters. The van der Waals surface area contributed by atoms with Crippen LogP contribution in [0.25, 0.3) is 21.5 Å². The normalized spacial score (nSPS) is 18.6. The van der Waals surface area contributed by atoms with Crippen LogP contribution in [0.2, 0.25) is 0 Å². The summed E-state index contributed by atoms with van der Waals surface area (Å²) in [6.45, 7) is 14.6. The Labute approximate surface area is 236 Å². The van der Waals surface area contributed by atoms with Crippen LogP contribution in [0.15, 0.2) is 96.2 Å². The van der Waals surface area contributed by atoms with Crippen LogP contribution in [-0.2, 0) is 15.6 Å². The van der Waals surface area contributed by atoms with E-state index in [-0.39, 0.29) is 10.8 Å². The van der Waals surface area contributed by atoms with E-state index in [1.54, 1.807) is 0 Å². The van der Waals surface area contributed by atoms with Gasteiger partial charge in [0.2, 0.25) is 5.69 Å². The first-order valence-electron chi connectivity index (χ1n) is 14.2. The van der Waals surface area contributed by atoms with E-state index in [1.165, 1.54) is 44.0 Å². The lowest BCUT2D eigenvalue weighted by Gasteiger charge is -2.26. The number of carboxylic acid groups (broad SMARTS) is 1. The van der Waals surface area contributed by atoms with Crippen molar-refractivity contribution in [2.24, 2.45) is 0 Å². The van der Waals surface area contributed by atoms with Crippen molar-refractivity contribution in [2.45, 2.75) is 52.4 Å². The van der Waals surface area contributed by atoms with Crippen molar-refractivity contribution in [3.8, 4) is 0 Å². The summed E-state index contributed by atoms with van der Waals surface area (Å²) in [6, 6.07) is 25.7. The SMILES string of the molecule is CCN1C(=CC(=CC2=[N+](CC)c3c(ccc4ccccc34)C2(C)C)C(=O)O)C(C)(C)c2ccc3ccccc3c21. The number of benzene rings is 4. The number of rotatable bonds is 5. The first kappa shape index (κ1) is 26.1. The fourth-order valence-electron chi connectivity index (χ4n) is 6.93. The molecule has 2 heterocycles. The molecule has 202 valence electrons. The number of fused-ring (bicyclic) bond motifs is 6. The molecule has 40 heavy (non-hydrogen) atoms. The summed E-state index contributed by atoms with van der Waals surface area (Å²) in [5, 5.41) is 15.3. The van der Waals surface area contributed by atoms with E-state index < -0.39 is 5.97 Å². The van der Waals surface area contributed by atoms with Gasteiger partial charge in [-0.1, -0.05) is 80.6 Å². The summed E-state index contributed by atoms with van der Waals surface area (Å²) in [4.78, 5) is 15.2. The molecule has 1 N–H and O–H groups in total. The quantitative estimate of drug-likeness (QED) is 0.210. The maximum absolute atomic E-state index is 12.9. The first-order chi connectivity index (χ1) is 19.1. The van der Waals surface area contributed by atoms with Crippen LogP contribution in [0.5, 0.6) is 0 Å². The molecule has 4 heteroatoms. The monoisotopic (exact) mass is 529 g/mol. The van der Waals surface area contributed by atoms with Gasteiger partial charge in [-0.25, -0.2) is 4.79 Å². The average molecular weight is 530 g/mol. The van der Waals surface area contributed by atoms with Crippen LogP contribution in [0, 0.1) is 0 Å². The molecule has 0 unspecified atom stereocenters. The van der Waals surface area contributed by atoms with Gasteiger partial charge in [-0.05, 0) is 56.2 Å². The summed E-state index contributed by atoms with van der Waals surface area (Å²) in [5.74, 6) is -0.916. The Kier molecular flexibility index (Phi) is 5.99. The van der Waals surface area contributed by atoms with E-state index in [0.717, 1.165) is 24.5 Å². The van der Waals surface area contributed by atoms with Gasteiger partial charge < -0.3 is 10.0 Å². The zero-order chi connectivity index (χ0) is 28.4. The number of carboxylic acids is 1. The molecule has 4 aromatic rings. The van der Waals surface area contributed by atoms with Gasteiger partial charge in [0.1, 0.15) is 6.54 Å². The molecular formula is C36H37N2O2+. The van der Waals surface area contributed by atoms with Crippen molar-refractivity contribution in [3.63, 3.8) is 0 Å². The number of likely N-dealkylation sites (N-methyl/N-ethyl adjacent to an activating group) is 1. The Hall–Kier alpha value is -4.18. The molecule has 0 fully saturated rings. The summed E-state index contributed by atoms with van der Waals surface area (Å²) < 4.78 is 2.30. The number of hydrogen-bond donors (Lipinski definition) is 1. The summed E-state index contributed by atoms with van der Waals surface area (Å²) >= 11 is 0. The van der Waals surface area contributed by atoms with E-state index in [4.69, 9.17) is 0 Å². The third-order valence-corrected chi connectivity index (χ3v) is 9.01. The molecule has 0 aliphatic carbocycles. The number of aliphatic carboxylic acids is 1. The molecule has 2 aliphatic rings. The van der Waals surface area contributed by atoms with E-state index in [0.29, 0.717) is 5.57 Å². The molecular weight excluding hydrogens is 492 g/mol. The molecule has 0 spiro atoms. The second-order valence-electron chi connectivity index (χ2n) is 11.9. The highest BCUT2D eigenvalue weighted by Gasteiger charge is 2.46. The Balaban J connectivity index is 1.56. The molecule has 4 nitrogen and oxygen atoms in total. The van der Waals surface area contributed by atoms with Crippen molar-refractivity contribution in [1.29, 1.82) is 0 Å². The van der Waals surface area contributed by atoms with E-state index >= 15 is 0 Å². The zero-order valence-corrected chi connectivity index (χ0v) is 24.2. The Morgan fingerprint density at radius 1 is 0.825 bits per heavy atom. The Bertz CT molecular complexity index is 1800. The minimum atomic E-state index is -0.916. The molecule has 4 aromatic carbocycles. The maximum atomic E-state index is 12.9. The first-order valence-corrected chi connectivity index (χ1v) is 14.2. The number of nitrogens with zero attached hydrogens (tertiary/aromatic N) is 2. The van der Waals surface area contributed by atoms with Gasteiger partial charge in [0.05, 0.1) is 22.1 Å². The molecule has 0 saturated carbocycles. The van der Waals surface area contributed by atoms with Crippen molar-refractivity contribution in [3.05, 3.63) is 107 Å². The minimum absolute atomic E-state index is 0.303. The van der Waals surface area contributed by atoms with Crippen LogP contribution in [-0.4, -0.2) is 34.5 Å². The minimum Gasteiger partial charge on any atom is -0.478 e. The third kappa shape index (κ3) is 3.66. The second kappa shape index (κ2) is 9.19. The number of carbonyl (C=O) groups is 1. The fraction of sp³-hybridized carbons (Fsp3) is 0.278. The van der Waals surface area contributed by atoms with Gasteiger partial charge in [0, 0.05) is 34.7 Å². The topological polar surface area (TPSA) is 43.5 Å². The van der Waals surface area contributed by atoms with Gasteiger partial charge in [-0.15, -0.1) is 0 Å². The highest BCUT2D eigenvalue weighted by molar-refractivity contribution is 6.11. The van der Waals surface area contributed by atoms with Gasteiger partial charge in [-0.3, -0.25) is 0 Å².